The molecule has 0 fully saturated rings. The number of rotatable bonds is 5. The van der Waals surface area contributed by atoms with Crippen molar-refractivity contribution in [3.63, 3.8) is 0 Å². The van der Waals surface area contributed by atoms with Crippen LogP contribution < -0.4 is 0 Å². The van der Waals surface area contributed by atoms with Crippen LogP contribution in [0.15, 0.2) is 191 Å². The Morgan fingerprint density at radius 1 is 0.322 bits per heavy atom. The Labute approximate surface area is 338 Å². The smallest absolute Gasteiger partial charge is 0.164 e. The van der Waals surface area contributed by atoms with Crippen LogP contribution in [0.4, 0.5) is 0 Å². The quantitative estimate of drug-likeness (QED) is 0.164. The Morgan fingerprint density at radius 3 is 1.53 bits per heavy atom. The second kappa shape index (κ2) is 13.1. The van der Waals surface area contributed by atoms with E-state index in [1.54, 1.807) is 0 Å². The van der Waals surface area contributed by atoms with Gasteiger partial charge in [-0.1, -0.05) is 140 Å². The van der Waals surface area contributed by atoms with Crippen molar-refractivity contribution in [3.05, 3.63) is 188 Å². The zero-order chi connectivity index (χ0) is 39.0. The standard InChI is InChI=1S/C54H33N3O2/c1-32-26-27-44-49(28-32)59-48-25-11-22-40(51(44)48)34-14-9-16-37(30-34)53-55-52(56-54(57-53)45-31-35-12-2-3-17-38(35)41-18-4-5-19-42(41)45)36-15-8-13-33(29-36)39-21-10-24-47-50(39)43-20-6-7-23-46(43)58-47/h2-31H,1H3. The fourth-order valence-corrected chi connectivity index (χ4v) is 8.83. The number of hydrogen-bond donors (Lipinski definition) is 0. The third-order valence-electron chi connectivity index (χ3n) is 11.6. The van der Waals surface area contributed by atoms with Crippen molar-refractivity contribution in [1.82, 2.24) is 15.0 Å². The van der Waals surface area contributed by atoms with Crippen molar-refractivity contribution < 1.29 is 8.83 Å². The Bertz CT molecular complexity index is 3650. The van der Waals surface area contributed by atoms with Crippen LogP contribution in [0, 0.1) is 6.92 Å². The molecule has 5 nitrogen and oxygen atoms in total. The summed E-state index contributed by atoms with van der Waals surface area (Å²) in [5.41, 5.74) is 11.7. The highest BCUT2D eigenvalue weighted by Gasteiger charge is 2.19. The number of furan rings is 2. The lowest BCUT2D eigenvalue weighted by Gasteiger charge is -2.13. The van der Waals surface area contributed by atoms with Crippen LogP contribution in [-0.4, -0.2) is 15.0 Å². The molecule has 5 heteroatoms. The van der Waals surface area contributed by atoms with Crippen LogP contribution in [0.2, 0.25) is 0 Å². The van der Waals surface area contributed by atoms with E-state index in [2.05, 4.69) is 165 Å². The van der Waals surface area contributed by atoms with Crippen molar-refractivity contribution in [2.75, 3.05) is 0 Å². The van der Waals surface area contributed by atoms with Crippen molar-refractivity contribution in [1.29, 1.82) is 0 Å². The number of benzene rings is 9. The highest BCUT2D eigenvalue weighted by atomic mass is 16.3. The monoisotopic (exact) mass is 755 g/mol. The first-order chi connectivity index (χ1) is 29.1. The molecule has 0 aliphatic carbocycles. The summed E-state index contributed by atoms with van der Waals surface area (Å²) in [5, 5.41) is 8.93. The molecular weight excluding hydrogens is 723 g/mol. The van der Waals surface area contributed by atoms with Crippen LogP contribution >= 0.6 is 0 Å². The molecule has 0 spiro atoms. The summed E-state index contributed by atoms with van der Waals surface area (Å²) in [6.45, 7) is 2.09. The van der Waals surface area contributed by atoms with Gasteiger partial charge in [0.05, 0.1) is 0 Å². The molecular formula is C54H33N3O2. The summed E-state index contributed by atoms with van der Waals surface area (Å²) >= 11 is 0. The molecule has 3 heterocycles. The van der Waals surface area contributed by atoms with E-state index in [1.807, 2.05) is 24.3 Å². The lowest BCUT2D eigenvalue weighted by Crippen LogP contribution is -2.01. The van der Waals surface area contributed by atoms with Gasteiger partial charge >= 0.3 is 0 Å². The predicted molar refractivity (Wildman–Crippen MR) is 241 cm³/mol. The maximum Gasteiger partial charge on any atom is 0.164 e. The summed E-state index contributed by atoms with van der Waals surface area (Å²) in [5.74, 6) is 1.80. The van der Waals surface area contributed by atoms with Gasteiger partial charge in [-0.15, -0.1) is 0 Å². The van der Waals surface area contributed by atoms with Gasteiger partial charge in [0.2, 0.25) is 0 Å². The molecule has 0 aliphatic rings. The van der Waals surface area contributed by atoms with Crippen LogP contribution in [0.5, 0.6) is 0 Å². The summed E-state index contributed by atoms with van der Waals surface area (Å²) in [7, 11) is 0. The number of para-hydroxylation sites is 1. The third-order valence-corrected chi connectivity index (χ3v) is 11.6. The molecule has 276 valence electrons. The van der Waals surface area contributed by atoms with E-state index in [0.717, 1.165) is 99.0 Å². The van der Waals surface area contributed by atoms with Crippen LogP contribution in [0.25, 0.3) is 122 Å². The minimum absolute atomic E-state index is 0.594. The largest absolute Gasteiger partial charge is 0.456 e. The molecule has 0 amide bonds. The molecule has 59 heavy (non-hydrogen) atoms. The summed E-state index contributed by atoms with van der Waals surface area (Å²) in [6, 6.07) is 63.4. The fraction of sp³-hybridized carbons (Fsp3) is 0.0185. The lowest BCUT2D eigenvalue weighted by atomic mass is 9.96. The number of aryl methyl sites for hydroxylation is 1. The third kappa shape index (κ3) is 5.43. The average Bonchev–Trinajstić information content (AvgIpc) is 3.87. The van der Waals surface area contributed by atoms with E-state index in [-0.39, 0.29) is 0 Å². The van der Waals surface area contributed by atoms with Crippen LogP contribution in [0.1, 0.15) is 5.56 Å². The second-order valence-corrected chi connectivity index (χ2v) is 15.2. The minimum Gasteiger partial charge on any atom is -0.456 e. The molecule has 0 N–H and O–H groups in total. The van der Waals surface area contributed by atoms with Crippen LogP contribution in [-0.2, 0) is 0 Å². The number of nitrogens with zero attached hydrogens (tertiary/aromatic N) is 3. The lowest BCUT2D eigenvalue weighted by molar-refractivity contribution is 0.668. The van der Waals surface area contributed by atoms with E-state index >= 15 is 0 Å². The Kier molecular flexibility index (Phi) is 7.38. The first kappa shape index (κ1) is 33.3. The predicted octanol–water partition coefficient (Wildman–Crippen LogP) is 14.6. The van der Waals surface area contributed by atoms with Crippen molar-refractivity contribution >= 4 is 65.4 Å². The second-order valence-electron chi connectivity index (χ2n) is 15.2. The number of hydrogen-bond acceptors (Lipinski definition) is 5. The molecule has 0 saturated carbocycles. The van der Waals surface area contributed by atoms with Gasteiger partial charge in [-0.3, -0.25) is 0 Å². The Balaban J connectivity index is 1.07. The van der Waals surface area contributed by atoms with E-state index in [4.69, 9.17) is 23.8 Å². The molecule has 3 aromatic heterocycles. The molecule has 12 rings (SSSR count). The molecule has 0 radical (unpaired) electrons. The normalized spacial score (nSPS) is 11.8. The molecule has 0 aliphatic heterocycles. The zero-order valence-corrected chi connectivity index (χ0v) is 32.0. The summed E-state index contributed by atoms with van der Waals surface area (Å²) in [4.78, 5) is 15.9. The van der Waals surface area contributed by atoms with Gasteiger partial charge in [-0.25, -0.2) is 15.0 Å². The molecule has 0 saturated heterocycles. The van der Waals surface area contributed by atoms with Gasteiger partial charge in [0.25, 0.3) is 0 Å². The van der Waals surface area contributed by atoms with Crippen molar-refractivity contribution in [2.24, 2.45) is 0 Å². The van der Waals surface area contributed by atoms with Gasteiger partial charge in [0.15, 0.2) is 17.5 Å². The van der Waals surface area contributed by atoms with Crippen LogP contribution in [0.3, 0.4) is 0 Å². The van der Waals surface area contributed by atoms with E-state index in [9.17, 15) is 0 Å². The van der Waals surface area contributed by atoms with Crippen molar-refractivity contribution in [3.8, 4) is 56.4 Å². The minimum atomic E-state index is 0.594. The van der Waals surface area contributed by atoms with Crippen molar-refractivity contribution in [2.45, 2.75) is 6.92 Å². The highest BCUT2D eigenvalue weighted by Crippen LogP contribution is 2.41. The average molecular weight is 756 g/mol. The van der Waals surface area contributed by atoms with E-state index < -0.39 is 0 Å². The summed E-state index contributed by atoms with van der Waals surface area (Å²) < 4.78 is 12.6. The fourth-order valence-electron chi connectivity index (χ4n) is 8.83. The number of aromatic nitrogens is 3. The Hall–Kier alpha value is -7.89. The zero-order valence-electron chi connectivity index (χ0n) is 32.0. The topological polar surface area (TPSA) is 65.0 Å². The molecule has 12 aromatic rings. The molecule has 9 aromatic carbocycles. The first-order valence-corrected chi connectivity index (χ1v) is 19.8. The molecule has 0 bridgehead atoms. The molecule has 0 atom stereocenters. The van der Waals surface area contributed by atoms with Gasteiger partial charge < -0.3 is 8.83 Å². The summed E-state index contributed by atoms with van der Waals surface area (Å²) in [6.07, 6.45) is 0. The SMILES string of the molecule is Cc1ccc2c(c1)oc1cccc(-c3cccc(-c4nc(-c5cccc(-c6cccc7oc8ccccc8c67)c5)nc(-c5cc6ccccc6c6ccccc56)n4)c3)c12. The Morgan fingerprint density at radius 2 is 0.831 bits per heavy atom. The van der Waals surface area contributed by atoms with E-state index in [1.165, 1.54) is 10.9 Å². The first-order valence-electron chi connectivity index (χ1n) is 19.8. The van der Waals surface area contributed by atoms with Gasteiger partial charge in [0.1, 0.15) is 22.3 Å². The van der Waals surface area contributed by atoms with Gasteiger partial charge in [-0.05, 0) is 98.8 Å². The maximum absolute atomic E-state index is 6.35. The van der Waals surface area contributed by atoms with E-state index in [0.29, 0.717) is 17.5 Å². The number of fused-ring (bicyclic) bond motifs is 9. The highest BCUT2D eigenvalue weighted by molar-refractivity contribution is 6.15. The van der Waals surface area contributed by atoms with Gasteiger partial charge in [0, 0.05) is 38.2 Å². The van der Waals surface area contributed by atoms with Gasteiger partial charge in [-0.2, -0.15) is 0 Å². The maximum atomic E-state index is 6.35. The molecule has 0 unspecified atom stereocenters.